The SMILES string of the molecule is Cc1oncc1NC(=O)Oc1ccccc1. The normalized spacial score (nSPS) is 9.81. The molecule has 0 unspecified atom stereocenters. The number of anilines is 1. The molecule has 1 aromatic carbocycles. The number of hydrogen-bond donors (Lipinski definition) is 1. The van der Waals surface area contributed by atoms with Crippen molar-refractivity contribution in [1.82, 2.24) is 5.16 Å². The van der Waals surface area contributed by atoms with Crippen LogP contribution in [0.25, 0.3) is 0 Å². The summed E-state index contributed by atoms with van der Waals surface area (Å²) in [5, 5.41) is 6.06. The van der Waals surface area contributed by atoms with Crippen LogP contribution < -0.4 is 10.1 Å². The van der Waals surface area contributed by atoms with E-state index in [2.05, 4.69) is 10.5 Å². The third kappa shape index (κ3) is 2.38. The average Bonchev–Trinajstić information content (AvgIpc) is 2.66. The van der Waals surface area contributed by atoms with Crippen molar-refractivity contribution in [3.8, 4) is 5.75 Å². The fourth-order valence-electron chi connectivity index (χ4n) is 1.15. The molecule has 0 atom stereocenters. The van der Waals surface area contributed by atoms with E-state index < -0.39 is 6.09 Å². The molecule has 0 saturated carbocycles. The van der Waals surface area contributed by atoms with Gasteiger partial charge in [0.05, 0.1) is 6.20 Å². The van der Waals surface area contributed by atoms with Gasteiger partial charge in [0, 0.05) is 0 Å². The molecule has 1 aromatic heterocycles. The fraction of sp³-hybridized carbons (Fsp3) is 0.0909. The van der Waals surface area contributed by atoms with Crippen molar-refractivity contribution in [3.63, 3.8) is 0 Å². The second-order valence-electron chi connectivity index (χ2n) is 3.12. The van der Waals surface area contributed by atoms with Crippen LogP contribution in [0, 0.1) is 6.92 Å². The Labute approximate surface area is 92.0 Å². The molecule has 0 aliphatic rings. The van der Waals surface area contributed by atoms with Crippen LogP contribution in [0.1, 0.15) is 5.76 Å². The largest absolute Gasteiger partial charge is 0.417 e. The smallest absolute Gasteiger partial charge is 0.410 e. The highest BCUT2D eigenvalue weighted by Crippen LogP contribution is 2.14. The predicted octanol–water partition coefficient (Wildman–Crippen LogP) is 2.59. The number of nitrogens with one attached hydrogen (secondary N) is 1. The Morgan fingerprint density at radius 1 is 1.38 bits per heavy atom. The molecular weight excluding hydrogens is 208 g/mol. The topological polar surface area (TPSA) is 64.4 Å². The molecular formula is C11H10N2O3. The predicted molar refractivity (Wildman–Crippen MR) is 57.3 cm³/mol. The molecule has 5 heteroatoms. The lowest BCUT2D eigenvalue weighted by Crippen LogP contribution is -2.16. The zero-order valence-electron chi connectivity index (χ0n) is 8.64. The first-order valence-electron chi connectivity index (χ1n) is 4.71. The third-order valence-electron chi connectivity index (χ3n) is 1.94. The lowest BCUT2D eigenvalue weighted by atomic mass is 10.3. The van der Waals surface area contributed by atoms with Crippen LogP contribution >= 0.6 is 0 Å². The highest BCUT2D eigenvalue weighted by atomic mass is 16.6. The molecule has 16 heavy (non-hydrogen) atoms. The van der Waals surface area contributed by atoms with Gasteiger partial charge < -0.3 is 9.26 Å². The lowest BCUT2D eigenvalue weighted by molar-refractivity contribution is 0.215. The maximum absolute atomic E-state index is 11.4. The van der Waals surface area contributed by atoms with Crippen LogP contribution in [0.4, 0.5) is 10.5 Å². The fourth-order valence-corrected chi connectivity index (χ4v) is 1.15. The monoisotopic (exact) mass is 218 g/mol. The Morgan fingerprint density at radius 2 is 2.12 bits per heavy atom. The molecule has 1 heterocycles. The van der Waals surface area contributed by atoms with E-state index in [1.54, 1.807) is 31.2 Å². The second kappa shape index (κ2) is 4.48. The van der Waals surface area contributed by atoms with E-state index in [0.717, 1.165) is 0 Å². The molecule has 0 saturated heterocycles. The number of nitrogens with zero attached hydrogens (tertiary/aromatic N) is 1. The van der Waals surface area contributed by atoms with Crippen LogP contribution in [0.5, 0.6) is 5.75 Å². The van der Waals surface area contributed by atoms with Crippen LogP contribution in [0.2, 0.25) is 0 Å². The van der Waals surface area contributed by atoms with Crippen molar-refractivity contribution in [2.75, 3.05) is 5.32 Å². The van der Waals surface area contributed by atoms with Gasteiger partial charge in [-0.2, -0.15) is 0 Å². The minimum atomic E-state index is -0.572. The van der Waals surface area contributed by atoms with Gasteiger partial charge in [-0.25, -0.2) is 4.79 Å². The van der Waals surface area contributed by atoms with E-state index in [-0.39, 0.29) is 0 Å². The van der Waals surface area contributed by atoms with E-state index in [4.69, 9.17) is 9.26 Å². The van der Waals surface area contributed by atoms with Crippen LogP contribution in [0.15, 0.2) is 41.1 Å². The summed E-state index contributed by atoms with van der Waals surface area (Å²) in [6.07, 6.45) is 0.846. The zero-order valence-corrected chi connectivity index (χ0v) is 8.64. The van der Waals surface area contributed by atoms with E-state index in [1.807, 2.05) is 6.07 Å². The van der Waals surface area contributed by atoms with Gasteiger partial charge in [0.25, 0.3) is 0 Å². The van der Waals surface area contributed by atoms with E-state index in [0.29, 0.717) is 17.2 Å². The first-order chi connectivity index (χ1) is 7.75. The Balaban J connectivity index is 1.98. The minimum absolute atomic E-state index is 0.481. The summed E-state index contributed by atoms with van der Waals surface area (Å²) in [7, 11) is 0. The first kappa shape index (κ1) is 10.2. The number of rotatable bonds is 2. The van der Waals surface area contributed by atoms with Gasteiger partial charge in [0.2, 0.25) is 0 Å². The molecule has 0 fully saturated rings. The van der Waals surface area contributed by atoms with Crippen molar-refractivity contribution in [3.05, 3.63) is 42.3 Å². The van der Waals surface area contributed by atoms with Gasteiger partial charge in [-0.05, 0) is 19.1 Å². The third-order valence-corrected chi connectivity index (χ3v) is 1.94. The van der Waals surface area contributed by atoms with Crippen LogP contribution in [-0.2, 0) is 0 Å². The molecule has 0 aliphatic heterocycles. The second-order valence-corrected chi connectivity index (χ2v) is 3.12. The van der Waals surface area contributed by atoms with Crippen molar-refractivity contribution in [1.29, 1.82) is 0 Å². The molecule has 82 valence electrons. The molecule has 0 radical (unpaired) electrons. The van der Waals surface area contributed by atoms with Gasteiger partial charge >= 0.3 is 6.09 Å². The van der Waals surface area contributed by atoms with Gasteiger partial charge in [-0.1, -0.05) is 23.4 Å². The Morgan fingerprint density at radius 3 is 2.75 bits per heavy atom. The average molecular weight is 218 g/mol. The van der Waals surface area contributed by atoms with Crippen molar-refractivity contribution in [2.45, 2.75) is 6.92 Å². The van der Waals surface area contributed by atoms with Crippen molar-refractivity contribution < 1.29 is 14.1 Å². The quantitative estimate of drug-likeness (QED) is 0.841. The molecule has 1 amide bonds. The van der Waals surface area contributed by atoms with Crippen LogP contribution in [0.3, 0.4) is 0 Å². The Bertz CT molecular complexity index is 479. The molecule has 1 N–H and O–H groups in total. The molecule has 2 rings (SSSR count). The van der Waals surface area contributed by atoms with Gasteiger partial charge in [0.1, 0.15) is 11.4 Å². The number of para-hydroxylation sites is 1. The lowest BCUT2D eigenvalue weighted by Gasteiger charge is -2.04. The number of carbonyl (C=O) groups is 1. The Hall–Kier alpha value is -2.30. The summed E-state index contributed by atoms with van der Waals surface area (Å²) in [5.41, 5.74) is 0.501. The summed E-state index contributed by atoms with van der Waals surface area (Å²) in [5.74, 6) is 1.01. The summed E-state index contributed by atoms with van der Waals surface area (Å²) in [6, 6.07) is 8.80. The number of aryl methyl sites for hydroxylation is 1. The number of hydrogen-bond acceptors (Lipinski definition) is 4. The summed E-state index contributed by atoms with van der Waals surface area (Å²) < 4.78 is 9.82. The van der Waals surface area contributed by atoms with Gasteiger partial charge in [-0.15, -0.1) is 0 Å². The highest BCUT2D eigenvalue weighted by molar-refractivity contribution is 5.86. The van der Waals surface area contributed by atoms with Gasteiger partial charge in [0.15, 0.2) is 5.76 Å². The van der Waals surface area contributed by atoms with Crippen molar-refractivity contribution in [2.24, 2.45) is 0 Å². The standard InChI is InChI=1S/C11H10N2O3/c1-8-10(7-12-16-8)13-11(14)15-9-5-3-2-4-6-9/h2-7H,1H3,(H,13,14). The number of ether oxygens (including phenoxy) is 1. The Kier molecular flexibility index (Phi) is 2.86. The van der Waals surface area contributed by atoms with Crippen LogP contribution in [-0.4, -0.2) is 11.2 Å². The molecule has 5 nitrogen and oxygen atoms in total. The number of aromatic nitrogens is 1. The zero-order chi connectivity index (χ0) is 11.4. The number of carbonyl (C=O) groups excluding carboxylic acids is 1. The van der Waals surface area contributed by atoms with E-state index >= 15 is 0 Å². The maximum Gasteiger partial charge on any atom is 0.417 e. The molecule has 0 spiro atoms. The van der Waals surface area contributed by atoms with Crippen molar-refractivity contribution >= 4 is 11.8 Å². The number of amides is 1. The first-order valence-corrected chi connectivity index (χ1v) is 4.71. The van der Waals surface area contributed by atoms with Gasteiger partial charge in [-0.3, -0.25) is 5.32 Å². The molecule has 0 bridgehead atoms. The molecule has 0 aliphatic carbocycles. The van der Waals surface area contributed by atoms with E-state index in [1.165, 1.54) is 6.20 Å². The summed E-state index contributed by atoms with van der Waals surface area (Å²) >= 11 is 0. The summed E-state index contributed by atoms with van der Waals surface area (Å²) in [6.45, 7) is 1.70. The number of benzene rings is 1. The minimum Gasteiger partial charge on any atom is -0.410 e. The van der Waals surface area contributed by atoms with E-state index in [9.17, 15) is 4.79 Å². The summed E-state index contributed by atoms with van der Waals surface area (Å²) in [4.78, 5) is 11.4. The maximum atomic E-state index is 11.4. The molecule has 2 aromatic rings. The highest BCUT2D eigenvalue weighted by Gasteiger charge is 2.09.